The maximum Gasteiger partial charge on any atom is 0.118 e. The van der Waals surface area contributed by atoms with Gasteiger partial charge in [0.1, 0.15) is 5.75 Å². The summed E-state index contributed by atoms with van der Waals surface area (Å²) in [7, 11) is 1.68. The first-order valence-electron chi connectivity index (χ1n) is 5.80. The summed E-state index contributed by atoms with van der Waals surface area (Å²) in [5, 5.41) is 5.62. The molecule has 0 aliphatic carbocycles. The van der Waals surface area contributed by atoms with Crippen LogP contribution in [0.1, 0.15) is 23.4 Å². The zero-order valence-corrected chi connectivity index (χ0v) is 12.8. The van der Waals surface area contributed by atoms with Crippen molar-refractivity contribution in [2.75, 3.05) is 7.11 Å². The van der Waals surface area contributed by atoms with Crippen LogP contribution in [-0.4, -0.2) is 7.11 Å². The van der Waals surface area contributed by atoms with Crippen molar-refractivity contribution in [1.29, 1.82) is 0 Å². The van der Waals surface area contributed by atoms with Crippen molar-refractivity contribution in [2.45, 2.75) is 19.5 Å². The fourth-order valence-electron chi connectivity index (χ4n) is 1.72. The van der Waals surface area contributed by atoms with E-state index >= 15 is 0 Å². The van der Waals surface area contributed by atoms with Crippen LogP contribution in [-0.2, 0) is 6.54 Å². The first-order chi connectivity index (χ1) is 8.70. The van der Waals surface area contributed by atoms with E-state index < -0.39 is 0 Å². The van der Waals surface area contributed by atoms with Crippen molar-refractivity contribution in [3.05, 3.63) is 50.6 Å². The Labute approximate surface area is 120 Å². The molecule has 1 atom stereocenters. The van der Waals surface area contributed by atoms with Gasteiger partial charge in [-0.3, -0.25) is 0 Å². The SMILES string of the molecule is COc1ccc(CNC(C)c2sccc2Br)cc1. The van der Waals surface area contributed by atoms with Gasteiger partial charge in [0, 0.05) is 21.9 Å². The van der Waals surface area contributed by atoms with E-state index in [4.69, 9.17) is 4.74 Å². The molecule has 0 amide bonds. The van der Waals surface area contributed by atoms with Crippen molar-refractivity contribution in [3.63, 3.8) is 0 Å². The number of hydrogen-bond donors (Lipinski definition) is 1. The number of nitrogens with one attached hydrogen (secondary N) is 1. The van der Waals surface area contributed by atoms with Gasteiger partial charge in [0.25, 0.3) is 0 Å². The van der Waals surface area contributed by atoms with Crippen LogP contribution in [0.3, 0.4) is 0 Å². The molecule has 2 aromatic rings. The summed E-state index contributed by atoms with van der Waals surface area (Å²) in [4.78, 5) is 1.34. The topological polar surface area (TPSA) is 21.3 Å². The second-order valence-electron chi connectivity index (χ2n) is 4.08. The third kappa shape index (κ3) is 3.34. The van der Waals surface area contributed by atoms with Crippen LogP contribution >= 0.6 is 27.3 Å². The molecule has 1 heterocycles. The predicted octanol–water partition coefficient (Wildman–Crippen LogP) is 4.37. The van der Waals surface area contributed by atoms with Crippen LogP contribution in [0.5, 0.6) is 5.75 Å². The number of ether oxygens (including phenoxy) is 1. The van der Waals surface area contributed by atoms with Crippen LogP contribution in [0.2, 0.25) is 0 Å². The lowest BCUT2D eigenvalue weighted by Crippen LogP contribution is -2.17. The van der Waals surface area contributed by atoms with E-state index in [1.54, 1.807) is 18.4 Å². The van der Waals surface area contributed by atoms with E-state index in [2.05, 4.69) is 51.7 Å². The van der Waals surface area contributed by atoms with Crippen LogP contribution in [0, 0.1) is 0 Å². The van der Waals surface area contributed by atoms with Gasteiger partial charge in [-0.2, -0.15) is 0 Å². The molecule has 0 bridgehead atoms. The minimum atomic E-state index is 0.349. The second-order valence-corrected chi connectivity index (χ2v) is 5.89. The summed E-state index contributed by atoms with van der Waals surface area (Å²) in [6, 6.07) is 10.6. The molecule has 18 heavy (non-hydrogen) atoms. The van der Waals surface area contributed by atoms with E-state index in [9.17, 15) is 0 Å². The number of rotatable bonds is 5. The van der Waals surface area contributed by atoms with E-state index in [1.807, 2.05) is 12.1 Å². The lowest BCUT2D eigenvalue weighted by Gasteiger charge is -2.13. The Bertz CT molecular complexity index is 495. The Hall–Kier alpha value is -0.840. The molecular weight excluding hydrogens is 310 g/mol. The van der Waals surface area contributed by atoms with E-state index in [0.29, 0.717) is 6.04 Å². The normalized spacial score (nSPS) is 12.4. The van der Waals surface area contributed by atoms with Crippen molar-refractivity contribution < 1.29 is 4.74 Å². The Morgan fingerprint density at radius 1 is 1.28 bits per heavy atom. The molecule has 0 fully saturated rings. The minimum Gasteiger partial charge on any atom is -0.497 e. The number of hydrogen-bond acceptors (Lipinski definition) is 3. The summed E-state index contributed by atoms with van der Waals surface area (Å²) in [6.07, 6.45) is 0. The summed E-state index contributed by atoms with van der Waals surface area (Å²) in [5.74, 6) is 0.896. The maximum atomic E-state index is 5.14. The molecule has 0 spiro atoms. The summed E-state index contributed by atoms with van der Waals surface area (Å²) < 4.78 is 6.33. The third-order valence-corrected chi connectivity index (χ3v) is 4.86. The largest absolute Gasteiger partial charge is 0.497 e. The van der Waals surface area contributed by atoms with Gasteiger partial charge in [0.2, 0.25) is 0 Å². The quantitative estimate of drug-likeness (QED) is 0.881. The average molecular weight is 326 g/mol. The van der Waals surface area contributed by atoms with Crippen LogP contribution in [0.25, 0.3) is 0 Å². The smallest absolute Gasteiger partial charge is 0.118 e. The molecule has 1 N–H and O–H groups in total. The van der Waals surface area contributed by atoms with Gasteiger partial charge < -0.3 is 10.1 Å². The fourth-order valence-corrected chi connectivity index (χ4v) is 3.47. The lowest BCUT2D eigenvalue weighted by atomic mass is 10.2. The number of halogens is 1. The number of thiophene rings is 1. The molecule has 2 rings (SSSR count). The molecule has 1 unspecified atom stereocenters. The highest BCUT2D eigenvalue weighted by Gasteiger charge is 2.09. The molecule has 0 radical (unpaired) electrons. The second kappa shape index (κ2) is 6.36. The molecule has 1 aromatic heterocycles. The molecule has 0 aliphatic heterocycles. The van der Waals surface area contributed by atoms with E-state index in [-0.39, 0.29) is 0 Å². The molecule has 4 heteroatoms. The molecular formula is C14H16BrNOS. The Morgan fingerprint density at radius 3 is 2.56 bits per heavy atom. The molecule has 0 aliphatic rings. The minimum absolute atomic E-state index is 0.349. The highest BCUT2D eigenvalue weighted by atomic mass is 79.9. The Kier molecular flexibility index (Phi) is 4.80. The predicted molar refractivity (Wildman–Crippen MR) is 80.3 cm³/mol. The van der Waals surface area contributed by atoms with Crippen molar-refractivity contribution in [2.24, 2.45) is 0 Å². The first-order valence-corrected chi connectivity index (χ1v) is 7.47. The van der Waals surface area contributed by atoms with Crippen molar-refractivity contribution >= 4 is 27.3 Å². The van der Waals surface area contributed by atoms with Gasteiger partial charge in [0.15, 0.2) is 0 Å². The van der Waals surface area contributed by atoms with Gasteiger partial charge in [-0.25, -0.2) is 0 Å². The zero-order valence-electron chi connectivity index (χ0n) is 10.4. The van der Waals surface area contributed by atoms with E-state index in [0.717, 1.165) is 12.3 Å². The molecule has 1 aromatic carbocycles. The monoisotopic (exact) mass is 325 g/mol. The highest BCUT2D eigenvalue weighted by Crippen LogP contribution is 2.28. The van der Waals surface area contributed by atoms with Crippen molar-refractivity contribution in [1.82, 2.24) is 5.32 Å². The number of benzene rings is 1. The highest BCUT2D eigenvalue weighted by molar-refractivity contribution is 9.10. The Morgan fingerprint density at radius 2 is 2.00 bits per heavy atom. The number of methoxy groups -OCH3 is 1. The first kappa shape index (κ1) is 13.6. The van der Waals surface area contributed by atoms with Gasteiger partial charge in [-0.05, 0) is 52.0 Å². The van der Waals surface area contributed by atoms with Crippen LogP contribution in [0.15, 0.2) is 40.2 Å². The van der Waals surface area contributed by atoms with Crippen LogP contribution in [0.4, 0.5) is 0 Å². The summed E-state index contributed by atoms with van der Waals surface area (Å²) in [5.41, 5.74) is 1.26. The molecule has 0 saturated carbocycles. The molecule has 96 valence electrons. The van der Waals surface area contributed by atoms with E-state index in [1.165, 1.54) is 14.9 Å². The van der Waals surface area contributed by atoms with Gasteiger partial charge >= 0.3 is 0 Å². The standard InChI is InChI=1S/C14H16BrNOS/c1-10(14-13(15)7-8-18-14)16-9-11-3-5-12(17-2)6-4-11/h3-8,10,16H,9H2,1-2H3. The third-order valence-electron chi connectivity index (χ3n) is 2.81. The average Bonchev–Trinajstić information content (AvgIpc) is 2.83. The Balaban J connectivity index is 1.93. The lowest BCUT2D eigenvalue weighted by molar-refractivity contribution is 0.414. The van der Waals surface area contributed by atoms with Crippen molar-refractivity contribution in [3.8, 4) is 5.75 Å². The van der Waals surface area contributed by atoms with Gasteiger partial charge in [-0.15, -0.1) is 11.3 Å². The van der Waals surface area contributed by atoms with Crippen LogP contribution < -0.4 is 10.1 Å². The molecule has 0 saturated heterocycles. The van der Waals surface area contributed by atoms with Gasteiger partial charge in [-0.1, -0.05) is 12.1 Å². The maximum absolute atomic E-state index is 5.14. The summed E-state index contributed by atoms with van der Waals surface area (Å²) >= 11 is 5.34. The van der Waals surface area contributed by atoms with Gasteiger partial charge in [0.05, 0.1) is 7.11 Å². The molecule has 2 nitrogen and oxygen atoms in total. The zero-order chi connectivity index (χ0) is 13.0. The summed E-state index contributed by atoms with van der Waals surface area (Å²) in [6.45, 7) is 3.04. The fraction of sp³-hybridized carbons (Fsp3) is 0.286.